The lowest BCUT2D eigenvalue weighted by atomic mass is 10.0. The summed E-state index contributed by atoms with van der Waals surface area (Å²) in [5.41, 5.74) is 0.729. The molecule has 10 nitrogen and oxygen atoms in total. The quantitative estimate of drug-likeness (QED) is 0.368. The highest BCUT2D eigenvalue weighted by Gasteiger charge is 2.29. The minimum atomic E-state index is -1.21. The number of aromatic hydroxyl groups is 1. The van der Waals surface area contributed by atoms with Gasteiger partial charge in [-0.1, -0.05) is 24.3 Å². The van der Waals surface area contributed by atoms with Crippen molar-refractivity contribution in [3.63, 3.8) is 0 Å². The molecule has 10 heteroatoms. The second kappa shape index (κ2) is 11.0. The fraction of sp³-hybridized carbons (Fsp3) is 0.154. The van der Waals surface area contributed by atoms with Crippen LogP contribution in [-0.4, -0.2) is 42.3 Å². The summed E-state index contributed by atoms with van der Waals surface area (Å²) in [6.07, 6.45) is -0.928. The summed E-state index contributed by atoms with van der Waals surface area (Å²) < 4.78 is 27.4. The minimum absolute atomic E-state index is 0.0840. The van der Waals surface area contributed by atoms with Crippen molar-refractivity contribution in [2.45, 2.75) is 12.2 Å². The van der Waals surface area contributed by atoms with Gasteiger partial charge >= 0.3 is 12.1 Å². The predicted octanol–water partition coefficient (Wildman–Crippen LogP) is 4.51. The topological polar surface area (TPSA) is 133 Å². The normalized spacial score (nSPS) is 13.6. The summed E-state index contributed by atoms with van der Waals surface area (Å²) in [7, 11) is 1.40. The van der Waals surface area contributed by atoms with Gasteiger partial charge in [0.15, 0.2) is 35.2 Å². The zero-order chi connectivity index (χ0) is 25.5. The van der Waals surface area contributed by atoms with Crippen molar-refractivity contribution in [2.75, 3.05) is 19.2 Å². The van der Waals surface area contributed by atoms with Gasteiger partial charge in [-0.25, -0.2) is 9.59 Å². The summed E-state index contributed by atoms with van der Waals surface area (Å²) in [5.74, 6) is 0.247. The third-order valence-electron chi connectivity index (χ3n) is 5.13. The van der Waals surface area contributed by atoms with Crippen LogP contribution < -0.4 is 24.3 Å². The Morgan fingerprint density at radius 2 is 1.81 bits per heavy atom. The van der Waals surface area contributed by atoms with Crippen LogP contribution in [0.3, 0.4) is 0 Å². The van der Waals surface area contributed by atoms with Crippen LogP contribution in [0.4, 0.5) is 10.5 Å². The van der Waals surface area contributed by atoms with Gasteiger partial charge in [-0.15, -0.1) is 0 Å². The van der Waals surface area contributed by atoms with Gasteiger partial charge in [-0.05, 0) is 42.5 Å². The molecule has 0 saturated heterocycles. The number of fused-ring (bicyclic) bond motifs is 1. The van der Waals surface area contributed by atoms with Gasteiger partial charge in [0.2, 0.25) is 6.79 Å². The monoisotopic (exact) mass is 493 g/mol. The molecule has 1 amide bonds. The summed E-state index contributed by atoms with van der Waals surface area (Å²) >= 11 is 0. The van der Waals surface area contributed by atoms with E-state index in [4.69, 9.17) is 23.7 Å². The minimum Gasteiger partial charge on any atom is -0.504 e. The molecule has 0 radical (unpaired) electrons. The number of hydrogen-bond donors (Lipinski definition) is 3. The first kappa shape index (κ1) is 24.3. The molecule has 0 aromatic heterocycles. The van der Waals surface area contributed by atoms with Crippen LogP contribution in [0.5, 0.6) is 28.7 Å². The van der Waals surface area contributed by atoms with E-state index in [1.54, 1.807) is 54.6 Å². The van der Waals surface area contributed by atoms with Crippen molar-refractivity contribution in [2.24, 2.45) is 0 Å². The maximum Gasteiger partial charge on any atom is 0.412 e. The zero-order valence-corrected chi connectivity index (χ0v) is 19.1. The lowest BCUT2D eigenvalue weighted by molar-refractivity contribution is -0.131. The van der Waals surface area contributed by atoms with Gasteiger partial charge in [0.05, 0.1) is 7.11 Å². The maximum absolute atomic E-state index is 12.9. The van der Waals surface area contributed by atoms with Crippen LogP contribution in [0.25, 0.3) is 0 Å². The van der Waals surface area contributed by atoms with E-state index in [2.05, 4.69) is 5.32 Å². The molecule has 1 heterocycles. The Hall–Kier alpha value is -4.86. The van der Waals surface area contributed by atoms with Crippen molar-refractivity contribution in [3.8, 4) is 28.7 Å². The van der Waals surface area contributed by atoms with E-state index in [0.29, 0.717) is 28.5 Å². The van der Waals surface area contributed by atoms with E-state index in [9.17, 15) is 19.8 Å². The first-order chi connectivity index (χ1) is 17.4. The van der Waals surface area contributed by atoms with Gasteiger partial charge in [0, 0.05) is 23.4 Å². The first-order valence-electron chi connectivity index (χ1n) is 10.8. The van der Waals surface area contributed by atoms with Crippen molar-refractivity contribution >= 4 is 17.7 Å². The number of hydrogen-bond acceptors (Lipinski definition) is 8. The Bertz CT molecular complexity index is 1260. The molecular formula is C26H23NO9. The van der Waals surface area contributed by atoms with Gasteiger partial charge in [0.1, 0.15) is 5.75 Å². The van der Waals surface area contributed by atoms with Crippen LogP contribution in [0.2, 0.25) is 0 Å². The second-order valence-electron chi connectivity index (χ2n) is 7.54. The van der Waals surface area contributed by atoms with Crippen LogP contribution in [-0.2, 0) is 9.53 Å². The van der Waals surface area contributed by atoms with Crippen molar-refractivity contribution in [3.05, 3.63) is 84.4 Å². The van der Waals surface area contributed by atoms with Crippen LogP contribution in [0.15, 0.2) is 78.9 Å². The number of benzene rings is 3. The lowest BCUT2D eigenvalue weighted by Crippen LogP contribution is -2.29. The molecule has 3 aromatic rings. The fourth-order valence-corrected chi connectivity index (χ4v) is 3.48. The molecule has 1 aliphatic heterocycles. The summed E-state index contributed by atoms with van der Waals surface area (Å²) in [5, 5.41) is 22.1. The number of anilines is 1. The standard InChI is InChI=1S/C26H23NO9/c1-32-20-9-7-16(13-19(20)28)25(22(11-12-24(29)30)35-18-5-3-2-4-6-18)36-26(31)27-17-8-10-21-23(14-17)34-15-33-21/h2-14,22,25,28H,15H2,1H3,(H,27,31)(H,29,30)/b12-11+/t22-,25-/m1/s1. The third-order valence-corrected chi connectivity index (χ3v) is 5.13. The number of carboxylic acids is 1. The van der Waals surface area contributed by atoms with Crippen molar-refractivity contribution in [1.82, 2.24) is 0 Å². The van der Waals surface area contributed by atoms with E-state index in [0.717, 1.165) is 6.08 Å². The molecule has 4 rings (SSSR count). The number of para-hydroxylation sites is 1. The highest BCUT2D eigenvalue weighted by molar-refractivity contribution is 5.85. The van der Waals surface area contributed by atoms with Crippen molar-refractivity contribution < 1.29 is 43.5 Å². The highest BCUT2D eigenvalue weighted by atomic mass is 16.7. The molecule has 3 N–H and O–H groups in total. The average Bonchev–Trinajstić information content (AvgIpc) is 3.34. The fourth-order valence-electron chi connectivity index (χ4n) is 3.48. The maximum atomic E-state index is 12.9. The first-order valence-corrected chi connectivity index (χ1v) is 10.8. The lowest BCUT2D eigenvalue weighted by Gasteiger charge is -2.26. The molecule has 0 aliphatic carbocycles. The Morgan fingerprint density at radius 1 is 1.03 bits per heavy atom. The number of carboxylic acid groups (broad SMARTS) is 1. The second-order valence-corrected chi connectivity index (χ2v) is 7.54. The van der Waals surface area contributed by atoms with Crippen LogP contribution in [0, 0.1) is 0 Å². The number of aliphatic carboxylic acids is 1. The van der Waals surface area contributed by atoms with Crippen LogP contribution in [0.1, 0.15) is 11.7 Å². The molecule has 2 atom stereocenters. The number of rotatable bonds is 9. The van der Waals surface area contributed by atoms with Gasteiger partial charge in [-0.3, -0.25) is 5.32 Å². The van der Waals surface area contributed by atoms with E-state index < -0.39 is 24.3 Å². The Kier molecular flexibility index (Phi) is 7.45. The van der Waals surface area contributed by atoms with E-state index in [-0.39, 0.29) is 18.3 Å². The molecule has 0 saturated carbocycles. The van der Waals surface area contributed by atoms with Gasteiger partial charge < -0.3 is 33.9 Å². The number of phenolic OH excluding ortho intramolecular Hbond substituents is 1. The summed E-state index contributed by atoms with van der Waals surface area (Å²) in [6, 6.07) is 17.9. The molecule has 0 fully saturated rings. The SMILES string of the molecule is COc1ccc([C@@H](OC(=O)Nc2ccc3c(c2)OCO3)[C@@H](/C=C/C(=O)O)Oc2ccccc2)cc1O. The smallest absolute Gasteiger partial charge is 0.412 e. The summed E-state index contributed by atoms with van der Waals surface area (Å²) in [6.45, 7) is 0.0840. The number of ether oxygens (including phenoxy) is 5. The number of carbonyl (C=O) groups excluding carboxylic acids is 1. The zero-order valence-electron chi connectivity index (χ0n) is 19.1. The van der Waals surface area contributed by atoms with E-state index >= 15 is 0 Å². The van der Waals surface area contributed by atoms with Crippen LogP contribution >= 0.6 is 0 Å². The predicted molar refractivity (Wildman–Crippen MR) is 128 cm³/mol. The number of carbonyl (C=O) groups is 2. The third kappa shape index (κ3) is 5.98. The van der Waals surface area contributed by atoms with Gasteiger partial charge in [-0.2, -0.15) is 0 Å². The molecule has 0 spiro atoms. The molecular weight excluding hydrogens is 470 g/mol. The molecule has 36 heavy (non-hydrogen) atoms. The highest BCUT2D eigenvalue weighted by Crippen LogP contribution is 2.36. The Labute approximate surface area is 206 Å². The Morgan fingerprint density at radius 3 is 2.53 bits per heavy atom. The largest absolute Gasteiger partial charge is 0.504 e. The molecule has 1 aliphatic rings. The number of amides is 1. The number of phenols is 1. The molecule has 0 bridgehead atoms. The molecule has 3 aromatic carbocycles. The van der Waals surface area contributed by atoms with E-state index in [1.807, 2.05) is 0 Å². The van der Waals surface area contributed by atoms with E-state index in [1.165, 1.54) is 25.3 Å². The number of methoxy groups -OCH3 is 1. The molecule has 186 valence electrons. The number of nitrogens with one attached hydrogen (secondary N) is 1. The van der Waals surface area contributed by atoms with Crippen molar-refractivity contribution in [1.29, 1.82) is 0 Å². The molecule has 0 unspecified atom stereocenters. The average molecular weight is 493 g/mol. The Balaban J connectivity index is 1.64. The van der Waals surface area contributed by atoms with Gasteiger partial charge in [0.25, 0.3) is 0 Å². The summed E-state index contributed by atoms with van der Waals surface area (Å²) in [4.78, 5) is 24.2.